The summed E-state index contributed by atoms with van der Waals surface area (Å²) in [5, 5.41) is 8.58. The van der Waals surface area contributed by atoms with Crippen LogP contribution in [0.2, 0.25) is 0 Å². The number of benzene rings is 1. The maximum atomic E-state index is 8.58. The summed E-state index contributed by atoms with van der Waals surface area (Å²) in [6, 6.07) is 7.03. The van der Waals surface area contributed by atoms with E-state index in [-0.39, 0.29) is 0 Å². The number of hydrogen-bond acceptors (Lipinski definition) is 2. The van der Waals surface area contributed by atoms with Crippen LogP contribution in [-0.2, 0) is 0 Å². The second-order valence-corrected chi connectivity index (χ2v) is 2.56. The van der Waals surface area contributed by atoms with Gasteiger partial charge in [-0.25, -0.2) is 5.21 Å². The van der Waals surface area contributed by atoms with Crippen molar-refractivity contribution in [1.82, 2.24) is 0 Å². The fraction of sp³-hybridized carbons (Fsp3) is 0. The quantitative estimate of drug-likeness (QED) is 0.329. The minimum atomic E-state index is 0.370. The number of nitrogens with two attached hydrogens (primary N) is 2. The van der Waals surface area contributed by atoms with Gasteiger partial charge in [0, 0.05) is 17.7 Å². The van der Waals surface area contributed by atoms with Gasteiger partial charge in [-0.3, -0.25) is 0 Å². The van der Waals surface area contributed by atoms with Crippen molar-refractivity contribution in [2.75, 3.05) is 0 Å². The molecule has 3 nitrogen and oxygen atoms in total. The van der Waals surface area contributed by atoms with Crippen LogP contribution in [0.25, 0.3) is 0 Å². The first kappa shape index (κ1) is 8.13. The maximum absolute atomic E-state index is 8.58. The summed E-state index contributed by atoms with van der Waals surface area (Å²) < 4.78 is 0. The van der Waals surface area contributed by atoms with Crippen molar-refractivity contribution in [3.8, 4) is 0 Å². The Morgan fingerprint density at radius 2 is 1.91 bits per heavy atom. The Morgan fingerprint density at radius 3 is 2.27 bits per heavy atom. The molecule has 0 bridgehead atoms. The second kappa shape index (κ2) is 3.43. The first-order valence-electron chi connectivity index (χ1n) is 3.11. The van der Waals surface area contributed by atoms with Crippen LogP contribution >= 0.6 is 12.2 Å². The molecule has 1 aromatic carbocycles. The Kier molecular flexibility index (Phi) is 2.53. The molecule has 0 heterocycles. The van der Waals surface area contributed by atoms with Gasteiger partial charge in [-0.05, 0) is 12.1 Å². The lowest BCUT2D eigenvalue weighted by molar-refractivity contribution is -0.825. The smallest absolute Gasteiger partial charge is 0.161 e. The molecule has 0 atom stereocenters. The maximum Gasteiger partial charge on any atom is 0.161 e. The number of rotatable bonds is 2. The first-order chi connectivity index (χ1) is 5.24. The Balaban J connectivity index is 2.91. The standard InChI is InChI=1S/C7H8N2OS/c8-7(11)5-1-3-6(9-10)4-2-5/h1-4,9-10H,(H2,8,11)/p+1. The molecule has 1 aromatic rings. The highest BCUT2D eigenvalue weighted by molar-refractivity contribution is 7.80. The van der Waals surface area contributed by atoms with Crippen molar-refractivity contribution in [3.05, 3.63) is 29.8 Å². The van der Waals surface area contributed by atoms with Gasteiger partial charge < -0.3 is 5.73 Å². The summed E-state index contributed by atoms with van der Waals surface area (Å²) in [7, 11) is 0. The van der Waals surface area contributed by atoms with Gasteiger partial charge in [0.2, 0.25) is 0 Å². The van der Waals surface area contributed by atoms with E-state index in [1.165, 1.54) is 0 Å². The molecule has 0 radical (unpaired) electrons. The zero-order valence-corrected chi connectivity index (χ0v) is 6.64. The van der Waals surface area contributed by atoms with E-state index < -0.39 is 0 Å². The van der Waals surface area contributed by atoms with Crippen LogP contribution in [0.5, 0.6) is 0 Å². The second-order valence-electron chi connectivity index (χ2n) is 2.12. The highest BCUT2D eigenvalue weighted by Crippen LogP contribution is 2.03. The molecule has 58 valence electrons. The minimum Gasteiger partial charge on any atom is -0.389 e. The molecule has 0 aliphatic carbocycles. The summed E-state index contributed by atoms with van der Waals surface area (Å²) in [4.78, 5) is 0.370. The molecule has 0 fully saturated rings. The Hall–Kier alpha value is -0.970. The molecular weight excluding hydrogens is 160 g/mol. The lowest BCUT2D eigenvalue weighted by Crippen LogP contribution is -2.73. The summed E-state index contributed by atoms with van der Waals surface area (Å²) >= 11 is 4.75. The molecular formula is C7H9N2OS+. The lowest BCUT2D eigenvalue weighted by Gasteiger charge is -1.96. The van der Waals surface area contributed by atoms with Crippen LogP contribution in [0.3, 0.4) is 0 Å². The van der Waals surface area contributed by atoms with Gasteiger partial charge >= 0.3 is 0 Å². The van der Waals surface area contributed by atoms with E-state index in [0.717, 1.165) is 16.7 Å². The van der Waals surface area contributed by atoms with Crippen molar-refractivity contribution in [1.29, 1.82) is 0 Å². The fourth-order valence-corrected chi connectivity index (χ4v) is 0.870. The minimum absolute atomic E-state index is 0.370. The van der Waals surface area contributed by atoms with Gasteiger partial charge in [0.1, 0.15) is 4.99 Å². The predicted octanol–water partition coefficient (Wildman–Crippen LogP) is -0.0951. The van der Waals surface area contributed by atoms with E-state index in [2.05, 4.69) is 0 Å². The third-order valence-corrected chi connectivity index (χ3v) is 1.58. The van der Waals surface area contributed by atoms with Gasteiger partial charge in [-0.2, -0.15) is 5.48 Å². The van der Waals surface area contributed by atoms with E-state index in [1.54, 1.807) is 24.3 Å². The van der Waals surface area contributed by atoms with E-state index in [0.29, 0.717) is 4.99 Å². The largest absolute Gasteiger partial charge is 0.389 e. The highest BCUT2D eigenvalue weighted by Gasteiger charge is 1.96. The van der Waals surface area contributed by atoms with Gasteiger partial charge in [0.25, 0.3) is 0 Å². The molecule has 1 rings (SSSR count). The Labute approximate surface area is 69.8 Å². The molecule has 0 aliphatic rings. The molecule has 0 amide bonds. The van der Waals surface area contributed by atoms with E-state index >= 15 is 0 Å². The number of quaternary nitrogens is 1. The Bertz CT molecular complexity index is 258. The van der Waals surface area contributed by atoms with Crippen molar-refractivity contribution in [2.24, 2.45) is 5.73 Å². The van der Waals surface area contributed by atoms with Crippen LogP contribution in [0.4, 0.5) is 5.69 Å². The lowest BCUT2D eigenvalue weighted by atomic mass is 10.2. The van der Waals surface area contributed by atoms with Gasteiger partial charge in [-0.15, -0.1) is 0 Å². The third-order valence-electron chi connectivity index (χ3n) is 1.34. The molecule has 0 aromatic heterocycles. The van der Waals surface area contributed by atoms with Gasteiger partial charge in [0.05, 0.1) is 0 Å². The zero-order valence-electron chi connectivity index (χ0n) is 5.82. The van der Waals surface area contributed by atoms with E-state index in [4.69, 9.17) is 23.2 Å². The van der Waals surface area contributed by atoms with Gasteiger partial charge in [0.15, 0.2) is 5.69 Å². The molecule has 5 N–H and O–H groups in total. The summed E-state index contributed by atoms with van der Waals surface area (Å²) in [5.74, 6) is 0. The topological polar surface area (TPSA) is 62.9 Å². The zero-order chi connectivity index (χ0) is 8.27. The SMILES string of the molecule is NC(=S)c1ccc([NH2+]O)cc1. The average Bonchev–Trinajstić information content (AvgIpc) is 2.05. The molecule has 0 unspecified atom stereocenters. The predicted molar refractivity (Wildman–Crippen MR) is 45.7 cm³/mol. The number of hydrogen-bond donors (Lipinski definition) is 3. The molecule has 11 heavy (non-hydrogen) atoms. The molecule has 4 heteroatoms. The summed E-state index contributed by atoms with van der Waals surface area (Å²) in [6.07, 6.45) is 0. The average molecular weight is 169 g/mol. The van der Waals surface area contributed by atoms with Crippen LogP contribution in [0.1, 0.15) is 5.56 Å². The Morgan fingerprint density at radius 1 is 1.36 bits per heavy atom. The monoisotopic (exact) mass is 169 g/mol. The van der Waals surface area contributed by atoms with E-state index in [9.17, 15) is 0 Å². The molecule has 0 spiro atoms. The van der Waals surface area contributed by atoms with Crippen molar-refractivity contribution in [2.45, 2.75) is 0 Å². The highest BCUT2D eigenvalue weighted by atomic mass is 32.1. The first-order valence-corrected chi connectivity index (χ1v) is 3.52. The van der Waals surface area contributed by atoms with Crippen molar-refractivity contribution < 1.29 is 10.7 Å². The summed E-state index contributed by atoms with van der Waals surface area (Å²) in [5.41, 5.74) is 7.95. The van der Waals surface area contributed by atoms with Crippen molar-refractivity contribution >= 4 is 22.9 Å². The van der Waals surface area contributed by atoms with Crippen LogP contribution in [-0.4, -0.2) is 10.2 Å². The molecule has 0 aliphatic heterocycles. The molecule has 0 saturated carbocycles. The van der Waals surface area contributed by atoms with Crippen LogP contribution in [0, 0.1) is 0 Å². The normalized spacial score (nSPS) is 9.55. The van der Waals surface area contributed by atoms with Gasteiger partial charge in [-0.1, -0.05) is 12.2 Å². The van der Waals surface area contributed by atoms with E-state index in [1.807, 2.05) is 0 Å². The fourth-order valence-electron chi connectivity index (χ4n) is 0.733. The van der Waals surface area contributed by atoms with Crippen molar-refractivity contribution in [3.63, 3.8) is 0 Å². The number of thiocarbonyl (C=S) groups is 1. The summed E-state index contributed by atoms with van der Waals surface area (Å²) in [6.45, 7) is 0. The third kappa shape index (κ3) is 1.98. The van der Waals surface area contributed by atoms with Crippen LogP contribution in [0.15, 0.2) is 24.3 Å². The van der Waals surface area contributed by atoms with Crippen LogP contribution < -0.4 is 11.2 Å². The molecule has 0 saturated heterocycles.